The van der Waals surface area contributed by atoms with Crippen LogP contribution >= 0.6 is 0 Å². The summed E-state index contributed by atoms with van der Waals surface area (Å²) >= 11 is 0. The summed E-state index contributed by atoms with van der Waals surface area (Å²) in [5, 5.41) is 3.35. The van der Waals surface area contributed by atoms with Crippen molar-refractivity contribution < 1.29 is 0 Å². The Labute approximate surface area is 78.8 Å². The predicted molar refractivity (Wildman–Crippen MR) is 55.9 cm³/mol. The van der Waals surface area contributed by atoms with Crippen LogP contribution in [0.25, 0.3) is 0 Å². The molecule has 2 heteroatoms. The lowest BCUT2D eigenvalue weighted by Gasteiger charge is -2.13. The second-order valence-electron chi connectivity index (χ2n) is 3.23. The molecule has 0 spiro atoms. The van der Waals surface area contributed by atoms with Gasteiger partial charge in [0.1, 0.15) is 0 Å². The molecule has 2 heterocycles. The fourth-order valence-electron chi connectivity index (χ4n) is 1.52. The van der Waals surface area contributed by atoms with Crippen molar-refractivity contribution in [1.82, 2.24) is 5.32 Å². The minimum absolute atomic E-state index is 0.955. The maximum atomic E-state index is 4.39. The van der Waals surface area contributed by atoms with Gasteiger partial charge in [0.2, 0.25) is 0 Å². The van der Waals surface area contributed by atoms with E-state index in [0.29, 0.717) is 0 Å². The van der Waals surface area contributed by atoms with Gasteiger partial charge >= 0.3 is 0 Å². The lowest BCUT2D eigenvalue weighted by molar-refractivity contribution is 0.717. The summed E-state index contributed by atoms with van der Waals surface area (Å²) in [6, 6.07) is 0. The van der Waals surface area contributed by atoms with E-state index >= 15 is 0 Å². The number of nitrogens with one attached hydrogen (secondary N) is 1. The van der Waals surface area contributed by atoms with Gasteiger partial charge < -0.3 is 5.32 Å². The van der Waals surface area contributed by atoms with E-state index in [2.05, 4.69) is 34.6 Å². The number of rotatable bonds is 1. The molecule has 0 aromatic carbocycles. The molecule has 0 saturated carbocycles. The van der Waals surface area contributed by atoms with Gasteiger partial charge in [0.05, 0.1) is 5.71 Å². The van der Waals surface area contributed by atoms with Gasteiger partial charge in [0, 0.05) is 12.7 Å². The molecule has 0 aromatic rings. The molecule has 1 N–H and O–H groups in total. The van der Waals surface area contributed by atoms with Crippen LogP contribution in [0.5, 0.6) is 0 Å². The number of hydrogen-bond donors (Lipinski definition) is 1. The van der Waals surface area contributed by atoms with Crippen LogP contribution in [0.15, 0.2) is 41.1 Å². The summed E-state index contributed by atoms with van der Waals surface area (Å²) in [4.78, 5) is 4.39. The SMILES string of the molecule is C1=CN=C(C2=CCCNC2)C=CC1. The largest absolute Gasteiger partial charge is 0.312 e. The fraction of sp³-hybridized carbons (Fsp3) is 0.364. The Morgan fingerprint density at radius 1 is 1.31 bits per heavy atom. The van der Waals surface area contributed by atoms with Crippen LogP contribution in [-0.4, -0.2) is 18.8 Å². The van der Waals surface area contributed by atoms with Gasteiger partial charge in [-0.25, -0.2) is 0 Å². The quantitative estimate of drug-likeness (QED) is 0.644. The second kappa shape index (κ2) is 4.19. The zero-order valence-corrected chi connectivity index (χ0v) is 7.66. The normalized spacial score (nSPS) is 22.2. The molecule has 2 nitrogen and oxygen atoms in total. The van der Waals surface area contributed by atoms with Crippen LogP contribution in [0.4, 0.5) is 0 Å². The van der Waals surface area contributed by atoms with Crippen LogP contribution in [0.3, 0.4) is 0 Å². The van der Waals surface area contributed by atoms with E-state index in [-0.39, 0.29) is 0 Å². The van der Waals surface area contributed by atoms with E-state index in [0.717, 1.165) is 31.6 Å². The highest BCUT2D eigenvalue weighted by atomic mass is 14.9. The molecule has 0 saturated heterocycles. The Hall–Kier alpha value is -1.15. The van der Waals surface area contributed by atoms with Crippen molar-refractivity contribution >= 4 is 5.71 Å². The number of aliphatic imine (C=N–C) groups is 1. The van der Waals surface area contributed by atoms with E-state index in [4.69, 9.17) is 0 Å². The van der Waals surface area contributed by atoms with Gasteiger partial charge in [-0.2, -0.15) is 0 Å². The number of hydrogen-bond acceptors (Lipinski definition) is 2. The van der Waals surface area contributed by atoms with E-state index in [1.165, 1.54) is 5.57 Å². The topological polar surface area (TPSA) is 24.4 Å². The highest BCUT2D eigenvalue weighted by Gasteiger charge is 2.06. The zero-order valence-electron chi connectivity index (χ0n) is 7.66. The minimum Gasteiger partial charge on any atom is -0.312 e. The van der Waals surface area contributed by atoms with E-state index in [9.17, 15) is 0 Å². The molecular formula is C11H14N2. The van der Waals surface area contributed by atoms with Crippen molar-refractivity contribution in [3.63, 3.8) is 0 Å². The van der Waals surface area contributed by atoms with Crippen molar-refractivity contribution in [2.75, 3.05) is 13.1 Å². The van der Waals surface area contributed by atoms with Crippen LogP contribution < -0.4 is 5.32 Å². The van der Waals surface area contributed by atoms with Crippen LogP contribution in [0, 0.1) is 0 Å². The maximum absolute atomic E-state index is 4.39. The molecule has 0 atom stereocenters. The minimum atomic E-state index is 0.955. The van der Waals surface area contributed by atoms with Crippen molar-refractivity contribution in [3.05, 3.63) is 36.1 Å². The van der Waals surface area contributed by atoms with E-state index in [1.807, 2.05) is 6.20 Å². The standard InChI is InChI=1S/C11H14N2/c1-2-6-11(13-8-3-1)10-5-4-7-12-9-10/h2-3,5-6,8,12H,1,4,7,9H2. The number of nitrogens with zero attached hydrogens (tertiary/aromatic N) is 1. The number of allylic oxidation sites excluding steroid dienone is 3. The summed E-state index contributed by atoms with van der Waals surface area (Å²) in [6.07, 6.45) is 12.6. The first-order valence-electron chi connectivity index (χ1n) is 4.76. The summed E-state index contributed by atoms with van der Waals surface area (Å²) in [5.41, 5.74) is 2.44. The monoisotopic (exact) mass is 174 g/mol. The fourth-order valence-corrected chi connectivity index (χ4v) is 1.52. The van der Waals surface area contributed by atoms with Crippen molar-refractivity contribution in [2.24, 2.45) is 4.99 Å². The molecule has 0 unspecified atom stereocenters. The molecule has 2 rings (SSSR count). The molecule has 68 valence electrons. The average molecular weight is 174 g/mol. The van der Waals surface area contributed by atoms with Gasteiger partial charge in [-0.3, -0.25) is 4.99 Å². The zero-order chi connectivity index (χ0) is 8.93. The Morgan fingerprint density at radius 3 is 3.15 bits per heavy atom. The van der Waals surface area contributed by atoms with Gasteiger partial charge in [-0.1, -0.05) is 18.2 Å². The van der Waals surface area contributed by atoms with Gasteiger partial charge in [0.15, 0.2) is 0 Å². The molecule has 0 amide bonds. The summed E-state index contributed by atoms with van der Waals surface area (Å²) < 4.78 is 0. The van der Waals surface area contributed by atoms with Crippen LogP contribution in [0.2, 0.25) is 0 Å². The van der Waals surface area contributed by atoms with Crippen LogP contribution in [0.1, 0.15) is 12.8 Å². The molecule has 0 aromatic heterocycles. The first kappa shape index (κ1) is 8.45. The Kier molecular flexibility index (Phi) is 2.72. The first-order valence-corrected chi connectivity index (χ1v) is 4.76. The van der Waals surface area contributed by atoms with Crippen molar-refractivity contribution in [2.45, 2.75) is 12.8 Å². The van der Waals surface area contributed by atoms with Gasteiger partial charge in [0.25, 0.3) is 0 Å². The predicted octanol–water partition coefficient (Wildman–Crippen LogP) is 1.82. The smallest absolute Gasteiger partial charge is 0.0668 e. The first-order chi connectivity index (χ1) is 6.47. The molecule has 2 aliphatic heterocycles. The van der Waals surface area contributed by atoms with E-state index in [1.54, 1.807) is 0 Å². The van der Waals surface area contributed by atoms with Gasteiger partial charge in [-0.05, 0) is 31.0 Å². The van der Waals surface area contributed by atoms with Crippen molar-refractivity contribution in [3.8, 4) is 0 Å². The molecule has 0 radical (unpaired) electrons. The third kappa shape index (κ3) is 2.16. The lowest BCUT2D eigenvalue weighted by atomic mass is 10.1. The molecule has 0 aliphatic carbocycles. The maximum Gasteiger partial charge on any atom is 0.0668 e. The Balaban J connectivity index is 2.18. The molecule has 0 fully saturated rings. The highest BCUT2D eigenvalue weighted by molar-refractivity contribution is 6.09. The Bertz CT molecular complexity index is 295. The average Bonchev–Trinajstić information content (AvgIpc) is 2.47. The third-order valence-electron chi connectivity index (χ3n) is 2.22. The molecule has 0 bridgehead atoms. The Morgan fingerprint density at radius 2 is 2.31 bits per heavy atom. The third-order valence-corrected chi connectivity index (χ3v) is 2.22. The molecule has 2 aliphatic rings. The van der Waals surface area contributed by atoms with Gasteiger partial charge in [-0.15, -0.1) is 0 Å². The van der Waals surface area contributed by atoms with Crippen molar-refractivity contribution in [1.29, 1.82) is 0 Å². The summed E-state index contributed by atoms with van der Waals surface area (Å²) in [7, 11) is 0. The van der Waals surface area contributed by atoms with Crippen LogP contribution in [-0.2, 0) is 0 Å². The summed E-state index contributed by atoms with van der Waals surface area (Å²) in [6.45, 7) is 2.05. The second-order valence-corrected chi connectivity index (χ2v) is 3.23. The lowest BCUT2D eigenvalue weighted by Crippen LogP contribution is -2.25. The van der Waals surface area contributed by atoms with E-state index < -0.39 is 0 Å². The molecular weight excluding hydrogens is 160 g/mol. The summed E-state index contributed by atoms with van der Waals surface area (Å²) in [5.74, 6) is 0. The molecule has 13 heavy (non-hydrogen) atoms. The highest BCUT2D eigenvalue weighted by Crippen LogP contribution is 2.08.